The summed E-state index contributed by atoms with van der Waals surface area (Å²) in [5, 5.41) is 0. The number of benzene rings is 1. The van der Waals surface area contributed by atoms with E-state index in [4.69, 9.17) is 4.74 Å². The quantitative estimate of drug-likeness (QED) is 0.856. The number of nitrogens with one attached hydrogen (secondary N) is 1. The van der Waals surface area contributed by atoms with Gasteiger partial charge < -0.3 is 9.64 Å². The van der Waals surface area contributed by atoms with Gasteiger partial charge in [0, 0.05) is 26.2 Å². The van der Waals surface area contributed by atoms with Crippen molar-refractivity contribution in [3.05, 3.63) is 62.0 Å². The fourth-order valence-electron chi connectivity index (χ4n) is 3.12. The van der Waals surface area contributed by atoms with Gasteiger partial charge in [-0.05, 0) is 43.5 Å². The topological polar surface area (TPSA) is 67.3 Å². The molecule has 3 rings (SSSR count). The predicted molar refractivity (Wildman–Crippen MR) is 94.7 cm³/mol. The van der Waals surface area contributed by atoms with Crippen LogP contribution >= 0.6 is 0 Å². The third-order valence-electron chi connectivity index (χ3n) is 4.23. The summed E-state index contributed by atoms with van der Waals surface area (Å²) >= 11 is 0. The van der Waals surface area contributed by atoms with Gasteiger partial charge in [-0.3, -0.25) is 14.3 Å². The number of anilines is 1. The minimum Gasteiger partial charge on any atom is -0.465 e. The van der Waals surface area contributed by atoms with Gasteiger partial charge in [0.05, 0.1) is 11.8 Å². The van der Waals surface area contributed by atoms with Crippen molar-refractivity contribution in [3.8, 4) is 5.75 Å². The Balaban J connectivity index is 2.05. The summed E-state index contributed by atoms with van der Waals surface area (Å²) < 4.78 is 7.26. The van der Waals surface area contributed by atoms with Crippen molar-refractivity contribution in [1.82, 2.24) is 9.55 Å². The van der Waals surface area contributed by atoms with Crippen LogP contribution in [0, 0.1) is 13.8 Å². The maximum atomic E-state index is 12.3. The molecule has 2 heterocycles. The zero-order valence-corrected chi connectivity index (χ0v) is 14.3. The first-order valence-electron chi connectivity index (χ1n) is 7.85. The minimum absolute atomic E-state index is 0.380. The molecular formula is C18H21N3O3. The van der Waals surface area contributed by atoms with Crippen LogP contribution in [0.5, 0.6) is 5.75 Å². The van der Waals surface area contributed by atoms with Crippen LogP contribution in [0.2, 0.25) is 0 Å². The molecule has 0 radical (unpaired) electrons. The second kappa shape index (κ2) is 6.03. The molecule has 0 unspecified atom stereocenters. The molecule has 1 aliphatic rings. The van der Waals surface area contributed by atoms with E-state index in [1.54, 1.807) is 13.3 Å². The molecule has 1 aromatic carbocycles. The lowest BCUT2D eigenvalue weighted by molar-refractivity contribution is 0.480. The Hall–Kier alpha value is -2.76. The van der Waals surface area contributed by atoms with Gasteiger partial charge in [-0.2, -0.15) is 0 Å². The number of hydrogen-bond acceptors (Lipinski definition) is 4. The first-order chi connectivity index (χ1) is 11.4. The van der Waals surface area contributed by atoms with Crippen LogP contribution in [-0.2, 0) is 7.05 Å². The number of H-pyrrole nitrogens is 1. The number of rotatable bonds is 2. The van der Waals surface area contributed by atoms with Crippen LogP contribution in [0.4, 0.5) is 5.82 Å². The smallest absolute Gasteiger partial charge is 0.329 e. The molecule has 1 aliphatic heterocycles. The van der Waals surface area contributed by atoms with Gasteiger partial charge in [-0.25, -0.2) is 4.79 Å². The SMILES string of the molecule is Cc1cc(C)cc(O/C=C2/CCN(C)c3c2c(=O)[nH]c(=O)n3C)c1. The van der Waals surface area contributed by atoms with Crippen LogP contribution < -0.4 is 20.9 Å². The van der Waals surface area contributed by atoms with Gasteiger partial charge in [0.15, 0.2) is 0 Å². The van der Waals surface area contributed by atoms with Gasteiger partial charge in [0.1, 0.15) is 11.6 Å². The van der Waals surface area contributed by atoms with Gasteiger partial charge >= 0.3 is 5.69 Å². The van der Waals surface area contributed by atoms with Crippen molar-refractivity contribution >= 4 is 11.4 Å². The second-order valence-corrected chi connectivity index (χ2v) is 6.27. The molecule has 24 heavy (non-hydrogen) atoms. The average molecular weight is 327 g/mol. The number of aryl methyl sites for hydroxylation is 2. The zero-order chi connectivity index (χ0) is 17.4. The Bertz CT molecular complexity index is 917. The molecule has 1 N–H and O–H groups in total. The molecule has 6 heteroatoms. The summed E-state index contributed by atoms with van der Waals surface area (Å²) in [5.74, 6) is 1.35. The number of aromatic amines is 1. The monoisotopic (exact) mass is 327 g/mol. The van der Waals surface area contributed by atoms with E-state index >= 15 is 0 Å². The van der Waals surface area contributed by atoms with Crippen molar-refractivity contribution in [2.24, 2.45) is 7.05 Å². The van der Waals surface area contributed by atoms with E-state index in [1.165, 1.54) is 4.57 Å². The Kier molecular flexibility index (Phi) is 4.05. The molecule has 0 saturated heterocycles. The Labute approximate surface area is 140 Å². The number of fused-ring (bicyclic) bond motifs is 1. The molecule has 2 aromatic rings. The third kappa shape index (κ3) is 2.87. The van der Waals surface area contributed by atoms with Crippen molar-refractivity contribution in [1.29, 1.82) is 0 Å². The van der Waals surface area contributed by atoms with E-state index in [2.05, 4.69) is 11.1 Å². The Morgan fingerprint density at radius 2 is 1.79 bits per heavy atom. The molecule has 0 saturated carbocycles. The summed E-state index contributed by atoms with van der Waals surface area (Å²) in [6, 6.07) is 5.97. The summed E-state index contributed by atoms with van der Waals surface area (Å²) in [7, 11) is 3.53. The summed E-state index contributed by atoms with van der Waals surface area (Å²) in [6.07, 6.45) is 2.30. The standard InChI is InChI=1S/C18H21N3O3/c1-11-7-12(2)9-14(8-11)24-10-13-5-6-20(3)17-15(13)16(22)19-18(23)21(17)4/h7-10H,5-6H2,1-4H3,(H,19,22,23)/b13-10-. The molecule has 1 aromatic heterocycles. The lowest BCUT2D eigenvalue weighted by Gasteiger charge is -2.29. The third-order valence-corrected chi connectivity index (χ3v) is 4.23. The molecule has 0 amide bonds. The molecular weight excluding hydrogens is 306 g/mol. The molecule has 0 fully saturated rings. The average Bonchev–Trinajstić information content (AvgIpc) is 2.50. The summed E-state index contributed by atoms with van der Waals surface area (Å²) in [5.41, 5.74) is 2.73. The first kappa shape index (κ1) is 16.1. The fourth-order valence-corrected chi connectivity index (χ4v) is 3.12. The van der Waals surface area contributed by atoms with Crippen LogP contribution in [0.25, 0.3) is 5.57 Å². The highest BCUT2D eigenvalue weighted by molar-refractivity contribution is 5.76. The molecule has 6 nitrogen and oxygen atoms in total. The van der Waals surface area contributed by atoms with E-state index in [0.29, 0.717) is 24.3 Å². The molecule has 0 atom stereocenters. The number of aromatic nitrogens is 2. The number of ether oxygens (including phenoxy) is 1. The maximum absolute atomic E-state index is 12.3. The van der Waals surface area contributed by atoms with E-state index < -0.39 is 5.69 Å². The normalized spacial score (nSPS) is 15.5. The maximum Gasteiger partial charge on any atom is 0.329 e. The van der Waals surface area contributed by atoms with Crippen LogP contribution in [-0.4, -0.2) is 23.1 Å². The van der Waals surface area contributed by atoms with E-state index in [-0.39, 0.29) is 5.56 Å². The lowest BCUT2D eigenvalue weighted by atomic mass is 10.0. The molecule has 0 spiro atoms. The Morgan fingerprint density at radius 1 is 1.12 bits per heavy atom. The van der Waals surface area contributed by atoms with Crippen molar-refractivity contribution in [3.63, 3.8) is 0 Å². The van der Waals surface area contributed by atoms with E-state index in [0.717, 1.165) is 22.4 Å². The highest BCUT2D eigenvalue weighted by Crippen LogP contribution is 2.30. The molecule has 0 bridgehead atoms. The van der Waals surface area contributed by atoms with E-state index in [9.17, 15) is 9.59 Å². The van der Waals surface area contributed by atoms with Gasteiger partial charge in [-0.1, -0.05) is 6.07 Å². The van der Waals surface area contributed by atoms with Crippen LogP contribution in [0.1, 0.15) is 23.1 Å². The predicted octanol–water partition coefficient (Wildman–Crippen LogP) is 1.95. The second-order valence-electron chi connectivity index (χ2n) is 6.27. The summed E-state index contributed by atoms with van der Waals surface area (Å²) in [6.45, 7) is 4.74. The fraction of sp³-hybridized carbons (Fsp3) is 0.333. The zero-order valence-electron chi connectivity index (χ0n) is 14.3. The minimum atomic E-state index is -0.415. The number of hydrogen-bond donors (Lipinski definition) is 1. The Morgan fingerprint density at radius 3 is 2.46 bits per heavy atom. The van der Waals surface area contributed by atoms with Crippen LogP contribution in [0.3, 0.4) is 0 Å². The van der Waals surface area contributed by atoms with Gasteiger partial charge in [-0.15, -0.1) is 0 Å². The molecule has 126 valence electrons. The van der Waals surface area contributed by atoms with Crippen molar-refractivity contribution in [2.75, 3.05) is 18.5 Å². The highest BCUT2D eigenvalue weighted by Gasteiger charge is 2.25. The van der Waals surface area contributed by atoms with Crippen molar-refractivity contribution in [2.45, 2.75) is 20.3 Å². The van der Waals surface area contributed by atoms with Crippen LogP contribution in [0.15, 0.2) is 34.1 Å². The lowest BCUT2D eigenvalue weighted by Crippen LogP contribution is -2.39. The number of nitrogens with zero attached hydrogens (tertiary/aromatic N) is 2. The first-order valence-corrected chi connectivity index (χ1v) is 7.85. The summed E-state index contributed by atoms with van der Waals surface area (Å²) in [4.78, 5) is 28.4. The van der Waals surface area contributed by atoms with Gasteiger partial charge in [0.2, 0.25) is 0 Å². The molecule has 0 aliphatic carbocycles. The highest BCUT2D eigenvalue weighted by atomic mass is 16.5. The van der Waals surface area contributed by atoms with Crippen molar-refractivity contribution < 1.29 is 4.74 Å². The largest absolute Gasteiger partial charge is 0.465 e. The van der Waals surface area contributed by atoms with Gasteiger partial charge in [0.25, 0.3) is 5.56 Å². The van der Waals surface area contributed by atoms with E-state index in [1.807, 2.05) is 37.9 Å².